The standard InChI is InChI=1S/C53H38N2/c1-53(2)47-21-11-9-19-42(47)43-31-30-41(33-48(43)53)54(40-28-26-36(27-29-40)35-14-5-3-6-15-35)50-23-13-16-37-24-25-38-32-46-44-20-10-12-22-49(44)55(39-17-7-4-8-18-39)51(46)34-45(38)52(37)50/h3-34H,1-2H3. The molecule has 9 aromatic carbocycles. The minimum absolute atomic E-state index is 0.118. The lowest BCUT2D eigenvalue weighted by atomic mass is 9.82. The third-order valence-corrected chi connectivity index (χ3v) is 11.9. The highest BCUT2D eigenvalue weighted by atomic mass is 15.1. The Balaban J connectivity index is 1.19. The van der Waals surface area contributed by atoms with Crippen LogP contribution in [0.2, 0.25) is 0 Å². The normalized spacial score (nSPS) is 13.1. The lowest BCUT2D eigenvalue weighted by Crippen LogP contribution is -2.16. The molecule has 10 aromatic rings. The van der Waals surface area contributed by atoms with Crippen LogP contribution in [0.4, 0.5) is 17.1 Å². The summed E-state index contributed by atoms with van der Waals surface area (Å²) < 4.78 is 2.42. The molecule has 0 bridgehead atoms. The van der Waals surface area contributed by atoms with E-state index in [-0.39, 0.29) is 5.41 Å². The number of fused-ring (bicyclic) bond motifs is 9. The predicted octanol–water partition coefficient (Wildman–Crippen LogP) is 14.5. The lowest BCUT2D eigenvalue weighted by Gasteiger charge is -2.29. The van der Waals surface area contributed by atoms with Crippen molar-refractivity contribution in [2.45, 2.75) is 19.3 Å². The average molecular weight is 703 g/mol. The quantitative estimate of drug-likeness (QED) is 0.162. The molecule has 260 valence electrons. The van der Waals surface area contributed by atoms with Crippen LogP contribution in [0.3, 0.4) is 0 Å². The summed E-state index contributed by atoms with van der Waals surface area (Å²) in [5, 5.41) is 7.44. The van der Waals surface area contributed by atoms with E-state index in [2.05, 4.69) is 217 Å². The number of hydrogen-bond acceptors (Lipinski definition) is 1. The van der Waals surface area contributed by atoms with Gasteiger partial charge in [0.2, 0.25) is 0 Å². The van der Waals surface area contributed by atoms with Crippen molar-refractivity contribution >= 4 is 60.4 Å². The predicted molar refractivity (Wildman–Crippen MR) is 233 cm³/mol. The van der Waals surface area contributed by atoms with Gasteiger partial charge < -0.3 is 9.47 Å². The molecule has 0 aliphatic heterocycles. The largest absolute Gasteiger partial charge is 0.310 e. The molecule has 0 amide bonds. The summed E-state index contributed by atoms with van der Waals surface area (Å²) in [4.78, 5) is 2.48. The van der Waals surface area contributed by atoms with Crippen LogP contribution < -0.4 is 4.90 Å². The number of nitrogens with zero attached hydrogens (tertiary/aromatic N) is 2. The van der Waals surface area contributed by atoms with Gasteiger partial charge in [0.25, 0.3) is 0 Å². The molecule has 1 aromatic heterocycles. The van der Waals surface area contributed by atoms with Gasteiger partial charge in [-0.1, -0.05) is 147 Å². The summed E-state index contributed by atoms with van der Waals surface area (Å²) in [5.74, 6) is 0. The van der Waals surface area contributed by atoms with Gasteiger partial charge in [-0.25, -0.2) is 0 Å². The van der Waals surface area contributed by atoms with Crippen LogP contribution in [-0.4, -0.2) is 4.57 Å². The maximum atomic E-state index is 2.48. The molecule has 0 saturated heterocycles. The first-order valence-electron chi connectivity index (χ1n) is 19.2. The van der Waals surface area contributed by atoms with Crippen LogP contribution in [0.1, 0.15) is 25.0 Å². The molecule has 11 rings (SSSR count). The molecular weight excluding hydrogens is 665 g/mol. The van der Waals surface area contributed by atoms with Crippen LogP contribution in [0.5, 0.6) is 0 Å². The average Bonchev–Trinajstić information content (AvgIpc) is 3.68. The summed E-state index contributed by atoms with van der Waals surface area (Å²) in [6.07, 6.45) is 0. The number of aromatic nitrogens is 1. The second kappa shape index (κ2) is 12.1. The first kappa shape index (κ1) is 31.6. The minimum Gasteiger partial charge on any atom is -0.310 e. The first-order chi connectivity index (χ1) is 27.0. The van der Waals surface area contributed by atoms with Crippen molar-refractivity contribution in [1.29, 1.82) is 0 Å². The fourth-order valence-corrected chi connectivity index (χ4v) is 9.29. The second-order valence-corrected chi connectivity index (χ2v) is 15.4. The van der Waals surface area contributed by atoms with Gasteiger partial charge >= 0.3 is 0 Å². The Morgan fingerprint density at radius 3 is 1.93 bits per heavy atom. The van der Waals surface area contributed by atoms with Crippen LogP contribution in [0, 0.1) is 0 Å². The zero-order valence-electron chi connectivity index (χ0n) is 30.9. The van der Waals surface area contributed by atoms with E-state index in [4.69, 9.17) is 0 Å². The molecule has 0 fully saturated rings. The van der Waals surface area contributed by atoms with Gasteiger partial charge in [-0.2, -0.15) is 0 Å². The molecule has 55 heavy (non-hydrogen) atoms. The number of hydrogen-bond donors (Lipinski definition) is 0. The van der Waals surface area contributed by atoms with Crippen LogP contribution in [-0.2, 0) is 5.41 Å². The van der Waals surface area contributed by atoms with Crippen LogP contribution in [0.25, 0.3) is 71.3 Å². The molecule has 0 spiro atoms. The zero-order valence-corrected chi connectivity index (χ0v) is 30.9. The topological polar surface area (TPSA) is 8.17 Å². The van der Waals surface area contributed by atoms with Gasteiger partial charge in [-0.3, -0.25) is 0 Å². The van der Waals surface area contributed by atoms with E-state index in [9.17, 15) is 0 Å². The monoisotopic (exact) mass is 702 g/mol. The number of para-hydroxylation sites is 2. The summed E-state index contributed by atoms with van der Waals surface area (Å²) in [6, 6.07) is 71.5. The van der Waals surface area contributed by atoms with Crippen molar-refractivity contribution in [2.75, 3.05) is 4.90 Å². The minimum atomic E-state index is -0.118. The van der Waals surface area contributed by atoms with Gasteiger partial charge in [0.1, 0.15) is 0 Å². The Labute approximate surface area is 321 Å². The molecule has 1 aliphatic rings. The Bertz CT molecular complexity index is 3100. The summed E-state index contributed by atoms with van der Waals surface area (Å²) in [7, 11) is 0. The van der Waals surface area contributed by atoms with Crippen molar-refractivity contribution in [2.24, 2.45) is 0 Å². The molecule has 0 radical (unpaired) electrons. The van der Waals surface area contributed by atoms with Gasteiger partial charge in [0.15, 0.2) is 0 Å². The Kier molecular flexibility index (Phi) is 6.93. The van der Waals surface area contributed by atoms with Crippen molar-refractivity contribution < 1.29 is 0 Å². The zero-order chi connectivity index (χ0) is 36.7. The highest BCUT2D eigenvalue weighted by Gasteiger charge is 2.36. The molecule has 1 aliphatic carbocycles. The van der Waals surface area contributed by atoms with Gasteiger partial charge in [0.05, 0.1) is 16.7 Å². The third kappa shape index (κ3) is 4.81. The SMILES string of the molecule is CC1(C)c2ccccc2-c2ccc(N(c3ccc(-c4ccccc4)cc3)c3cccc4ccc5cc6c7ccccc7n(-c7ccccc7)c6cc5c34)cc21. The summed E-state index contributed by atoms with van der Waals surface area (Å²) >= 11 is 0. The highest BCUT2D eigenvalue weighted by Crippen LogP contribution is 2.51. The fourth-order valence-electron chi connectivity index (χ4n) is 9.29. The van der Waals surface area contributed by atoms with Crippen molar-refractivity contribution in [1.82, 2.24) is 4.57 Å². The number of benzene rings is 9. The van der Waals surface area contributed by atoms with Gasteiger partial charge in [-0.15, -0.1) is 0 Å². The number of rotatable bonds is 5. The highest BCUT2D eigenvalue weighted by molar-refractivity contribution is 6.21. The fraction of sp³-hybridized carbons (Fsp3) is 0.0566. The van der Waals surface area contributed by atoms with Crippen molar-refractivity contribution in [3.8, 4) is 27.9 Å². The maximum Gasteiger partial charge on any atom is 0.0547 e. The Hall–Kier alpha value is -6.90. The summed E-state index contributed by atoms with van der Waals surface area (Å²) in [6.45, 7) is 4.73. The van der Waals surface area contributed by atoms with E-state index in [1.54, 1.807) is 0 Å². The van der Waals surface area contributed by atoms with E-state index in [0.29, 0.717) is 0 Å². The second-order valence-electron chi connectivity index (χ2n) is 15.4. The van der Waals surface area contributed by atoms with E-state index < -0.39 is 0 Å². The van der Waals surface area contributed by atoms with E-state index in [0.717, 1.165) is 22.7 Å². The molecule has 0 atom stereocenters. The van der Waals surface area contributed by atoms with E-state index in [1.807, 2.05) is 0 Å². The molecule has 0 unspecified atom stereocenters. The lowest BCUT2D eigenvalue weighted by molar-refractivity contribution is 0.660. The molecular formula is C53H38N2. The molecule has 0 N–H and O–H groups in total. The number of anilines is 3. The van der Waals surface area contributed by atoms with Crippen LogP contribution >= 0.6 is 0 Å². The smallest absolute Gasteiger partial charge is 0.0547 e. The first-order valence-corrected chi connectivity index (χ1v) is 19.2. The van der Waals surface area contributed by atoms with Crippen molar-refractivity contribution in [3.63, 3.8) is 0 Å². The summed E-state index contributed by atoms with van der Waals surface area (Å²) in [5.41, 5.74) is 14.7. The van der Waals surface area contributed by atoms with E-state index >= 15 is 0 Å². The van der Waals surface area contributed by atoms with Crippen LogP contribution in [0.15, 0.2) is 194 Å². The molecule has 1 heterocycles. The molecule has 2 nitrogen and oxygen atoms in total. The third-order valence-electron chi connectivity index (χ3n) is 11.9. The van der Waals surface area contributed by atoms with Gasteiger partial charge in [0, 0.05) is 38.6 Å². The van der Waals surface area contributed by atoms with E-state index in [1.165, 1.54) is 76.7 Å². The maximum absolute atomic E-state index is 2.48. The van der Waals surface area contributed by atoms with Gasteiger partial charge in [-0.05, 0) is 110 Å². The molecule has 0 saturated carbocycles. The Morgan fingerprint density at radius 1 is 0.418 bits per heavy atom. The Morgan fingerprint density at radius 2 is 1.09 bits per heavy atom. The molecule has 2 heteroatoms. The van der Waals surface area contributed by atoms with Crippen molar-refractivity contribution in [3.05, 3.63) is 205 Å².